The molecule has 0 saturated carbocycles. The standard InChI is InChI=1S/C17H17BrN4O2/c1-4-15-20-14-7-5-11(18)9-13(14)17(23)22(15)19-10-12-6-8-16(24-12)21(2)3/h5-10H,4H2,1-3H3. The van der Waals surface area contributed by atoms with Crippen molar-refractivity contribution in [2.24, 2.45) is 5.10 Å². The lowest BCUT2D eigenvalue weighted by Gasteiger charge is -2.07. The summed E-state index contributed by atoms with van der Waals surface area (Å²) in [4.78, 5) is 19.1. The van der Waals surface area contributed by atoms with E-state index in [-0.39, 0.29) is 5.56 Å². The van der Waals surface area contributed by atoms with Crippen LogP contribution in [-0.2, 0) is 6.42 Å². The highest BCUT2D eigenvalue weighted by atomic mass is 79.9. The second kappa shape index (κ2) is 6.60. The Morgan fingerprint density at radius 1 is 1.33 bits per heavy atom. The zero-order valence-electron chi connectivity index (χ0n) is 13.7. The third-order valence-electron chi connectivity index (χ3n) is 3.55. The van der Waals surface area contributed by atoms with Crippen LogP contribution in [0.5, 0.6) is 0 Å². The molecule has 124 valence electrons. The van der Waals surface area contributed by atoms with Crippen molar-refractivity contribution in [1.29, 1.82) is 0 Å². The molecular formula is C17H17BrN4O2. The van der Waals surface area contributed by atoms with Gasteiger partial charge in [0.2, 0.25) is 0 Å². The number of hydrogen-bond donors (Lipinski definition) is 0. The van der Waals surface area contributed by atoms with Crippen LogP contribution in [0.2, 0.25) is 0 Å². The van der Waals surface area contributed by atoms with Gasteiger partial charge in [-0.05, 0) is 24.3 Å². The second-order valence-electron chi connectivity index (χ2n) is 5.48. The maximum atomic E-state index is 12.7. The van der Waals surface area contributed by atoms with Gasteiger partial charge in [0.1, 0.15) is 11.6 Å². The molecular weight excluding hydrogens is 372 g/mol. The third-order valence-corrected chi connectivity index (χ3v) is 4.04. The molecule has 6 nitrogen and oxygen atoms in total. The number of aryl methyl sites for hydroxylation is 1. The third kappa shape index (κ3) is 3.12. The van der Waals surface area contributed by atoms with Crippen LogP contribution < -0.4 is 10.5 Å². The maximum absolute atomic E-state index is 12.7. The summed E-state index contributed by atoms with van der Waals surface area (Å²) in [5.74, 6) is 1.90. The predicted molar refractivity (Wildman–Crippen MR) is 99.1 cm³/mol. The summed E-state index contributed by atoms with van der Waals surface area (Å²) in [6, 6.07) is 9.10. The van der Waals surface area contributed by atoms with Crippen molar-refractivity contribution in [3.8, 4) is 0 Å². The second-order valence-corrected chi connectivity index (χ2v) is 6.39. The normalized spacial score (nSPS) is 11.5. The van der Waals surface area contributed by atoms with Crippen LogP contribution in [0.25, 0.3) is 10.9 Å². The van der Waals surface area contributed by atoms with Crippen molar-refractivity contribution in [3.63, 3.8) is 0 Å². The van der Waals surface area contributed by atoms with Crippen molar-refractivity contribution in [2.75, 3.05) is 19.0 Å². The lowest BCUT2D eigenvalue weighted by atomic mass is 10.2. The highest BCUT2D eigenvalue weighted by molar-refractivity contribution is 9.10. The fourth-order valence-corrected chi connectivity index (χ4v) is 2.67. The monoisotopic (exact) mass is 388 g/mol. The molecule has 0 aliphatic heterocycles. The number of rotatable bonds is 4. The number of nitrogens with zero attached hydrogens (tertiary/aromatic N) is 4. The van der Waals surface area contributed by atoms with Gasteiger partial charge < -0.3 is 9.32 Å². The van der Waals surface area contributed by atoms with E-state index >= 15 is 0 Å². The Labute approximate surface area is 147 Å². The molecule has 0 radical (unpaired) electrons. The molecule has 0 amide bonds. The highest BCUT2D eigenvalue weighted by Gasteiger charge is 2.10. The minimum atomic E-state index is -0.200. The van der Waals surface area contributed by atoms with E-state index in [4.69, 9.17) is 4.42 Å². The number of benzene rings is 1. The van der Waals surface area contributed by atoms with Crippen molar-refractivity contribution >= 4 is 38.9 Å². The number of anilines is 1. The van der Waals surface area contributed by atoms with Crippen LogP contribution in [0.3, 0.4) is 0 Å². The van der Waals surface area contributed by atoms with E-state index < -0.39 is 0 Å². The van der Waals surface area contributed by atoms with E-state index in [2.05, 4.69) is 26.0 Å². The van der Waals surface area contributed by atoms with Crippen molar-refractivity contribution in [3.05, 3.63) is 56.7 Å². The average molecular weight is 389 g/mol. The number of fused-ring (bicyclic) bond motifs is 1. The molecule has 24 heavy (non-hydrogen) atoms. The zero-order chi connectivity index (χ0) is 17.3. The molecule has 0 bridgehead atoms. The Hall–Kier alpha value is -2.41. The molecule has 0 saturated heterocycles. The number of hydrogen-bond acceptors (Lipinski definition) is 5. The van der Waals surface area contributed by atoms with Crippen LogP contribution in [-0.4, -0.2) is 30.0 Å². The summed E-state index contributed by atoms with van der Waals surface area (Å²) in [5.41, 5.74) is 0.466. The molecule has 0 atom stereocenters. The van der Waals surface area contributed by atoms with Crippen molar-refractivity contribution in [1.82, 2.24) is 9.66 Å². The minimum Gasteiger partial charge on any atom is -0.440 e. The average Bonchev–Trinajstić information content (AvgIpc) is 3.03. The fourth-order valence-electron chi connectivity index (χ4n) is 2.31. The summed E-state index contributed by atoms with van der Waals surface area (Å²) in [7, 11) is 3.79. The molecule has 2 aromatic heterocycles. The Bertz CT molecular complexity index is 972. The van der Waals surface area contributed by atoms with E-state index in [9.17, 15) is 4.79 Å². The summed E-state index contributed by atoms with van der Waals surface area (Å²) in [5, 5.41) is 4.81. The minimum absolute atomic E-state index is 0.200. The molecule has 7 heteroatoms. The lowest BCUT2D eigenvalue weighted by Crippen LogP contribution is -2.22. The number of furan rings is 1. The fraction of sp³-hybridized carbons (Fsp3) is 0.235. The van der Waals surface area contributed by atoms with E-state index in [0.717, 1.165) is 10.4 Å². The van der Waals surface area contributed by atoms with Crippen LogP contribution in [0.4, 0.5) is 5.88 Å². The lowest BCUT2D eigenvalue weighted by molar-refractivity contribution is 0.557. The van der Waals surface area contributed by atoms with Crippen LogP contribution in [0, 0.1) is 0 Å². The summed E-state index contributed by atoms with van der Waals surface area (Å²) < 4.78 is 7.78. The van der Waals surface area contributed by atoms with Gasteiger partial charge in [-0.1, -0.05) is 22.9 Å². The van der Waals surface area contributed by atoms with Gasteiger partial charge in [0.05, 0.1) is 17.1 Å². The summed E-state index contributed by atoms with van der Waals surface area (Å²) in [6.45, 7) is 1.94. The van der Waals surface area contributed by atoms with Crippen molar-refractivity contribution in [2.45, 2.75) is 13.3 Å². The van der Waals surface area contributed by atoms with Gasteiger partial charge in [-0.15, -0.1) is 0 Å². The molecule has 1 aromatic carbocycles. The van der Waals surface area contributed by atoms with Crippen LogP contribution in [0.15, 0.2) is 49.1 Å². The van der Waals surface area contributed by atoms with E-state index in [1.807, 2.05) is 44.1 Å². The Morgan fingerprint density at radius 3 is 2.79 bits per heavy atom. The van der Waals surface area contributed by atoms with E-state index in [1.54, 1.807) is 12.1 Å². The van der Waals surface area contributed by atoms with Gasteiger partial charge >= 0.3 is 0 Å². The topological polar surface area (TPSA) is 63.6 Å². The first-order valence-electron chi connectivity index (χ1n) is 7.52. The van der Waals surface area contributed by atoms with Gasteiger partial charge in [0, 0.05) is 31.1 Å². The Balaban J connectivity index is 2.08. The molecule has 3 aromatic rings. The molecule has 0 N–H and O–H groups in total. The van der Waals surface area contributed by atoms with Crippen LogP contribution >= 0.6 is 15.9 Å². The summed E-state index contributed by atoms with van der Waals surface area (Å²) >= 11 is 3.38. The van der Waals surface area contributed by atoms with Crippen molar-refractivity contribution < 1.29 is 4.42 Å². The van der Waals surface area contributed by atoms with Crippen LogP contribution in [0.1, 0.15) is 18.5 Å². The molecule has 0 aliphatic carbocycles. The van der Waals surface area contributed by atoms with Gasteiger partial charge in [-0.2, -0.15) is 9.78 Å². The Morgan fingerprint density at radius 2 is 2.12 bits per heavy atom. The molecule has 0 spiro atoms. The maximum Gasteiger partial charge on any atom is 0.282 e. The zero-order valence-corrected chi connectivity index (χ0v) is 15.2. The molecule has 2 heterocycles. The first-order valence-corrected chi connectivity index (χ1v) is 8.31. The number of halogens is 1. The molecule has 0 unspecified atom stereocenters. The van der Waals surface area contributed by atoms with Gasteiger partial charge in [-0.3, -0.25) is 4.79 Å². The van der Waals surface area contributed by atoms with E-state index in [0.29, 0.717) is 28.9 Å². The molecule has 0 fully saturated rings. The first kappa shape index (κ1) is 16.4. The SMILES string of the molecule is CCc1nc2ccc(Br)cc2c(=O)n1N=Cc1ccc(N(C)C)o1. The van der Waals surface area contributed by atoms with Gasteiger partial charge in [-0.25, -0.2) is 4.98 Å². The van der Waals surface area contributed by atoms with Gasteiger partial charge in [0.15, 0.2) is 5.88 Å². The number of aromatic nitrogens is 2. The highest BCUT2D eigenvalue weighted by Crippen LogP contribution is 2.17. The Kier molecular flexibility index (Phi) is 4.53. The summed E-state index contributed by atoms with van der Waals surface area (Å²) in [6.07, 6.45) is 2.12. The first-order chi connectivity index (χ1) is 11.5. The molecule has 0 aliphatic rings. The quantitative estimate of drug-likeness (QED) is 0.643. The predicted octanol–water partition coefficient (Wildman–Crippen LogP) is 3.26. The van der Waals surface area contributed by atoms with E-state index in [1.165, 1.54) is 10.9 Å². The largest absolute Gasteiger partial charge is 0.440 e. The smallest absolute Gasteiger partial charge is 0.282 e. The molecule has 3 rings (SSSR count). The van der Waals surface area contributed by atoms with Gasteiger partial charge in [0.25, 0.3) is 5.56 Å².